The van der Waals surface area contributed by atoms with Crippen molar-refractivity contribution >= 4 is 34.0 Å². The lowest BCUT2D eigenvalue weighted by atomic mass is 9.96. The Morgan fingerprint density at radius 2 is 1.77 bits per heavy atom. The van der Waals surface area contributed by atoms with Crippen LogP contribution in [0.15, 0.2) is 0 Å². The molecule has 0 aromatic rings. The molecule has 0 bridgehead atoms. The van der Waals surface area contributed by atoms with Crippen molar-refractivity contribution in [1.29, 1.82) is 0 Å². The van der Waals surface area contributed by atoms with Gasteiger partial charge in [0.05, 0.1) is 11.9 Å². The summed E-state index contributed by atoms with van der Waals surface area (Å²) < 4.78 is 65.4. The fourth-order valence-corrected chi connectivity index (χ4v) is 6.02. The van der Waals surface area contributed by atoms with Gasteiger partial charge in [0.1, 0.15) is 30.5 Å². The zero-order valence-corrected chi connectivity index (χ0v) is 20.2. The van der Waals surface area contributed by atoms with Crippen molar-refractivity contribution in [1.82, 2.24) is 5.32 Å². The van der Waals surface area contributed by atoms with Crippen molar-refractivity contribution in [2.24, 2.45) is 0 Å². The van der Waals surface area contributed by atoms with Gasteiger partial charge in [-0.1, -0.05) is 5.04 Å². The molecule has 4 unspecified atom stereocenters. The van der Waals surface area contributed by atoms with Crippen molar-refractivity contribution in [3.8, 4) is 0 Å². The average molecular weight is 554 g/mol. The number of nitrogens with one attached hydrogen (secondary N) is 1. The highest BCUT2D eigenvalue weighted by atomic mass is 32.2. The van der Waals surface area contributed by atoms with Gasteiger partial charge in [0, 0.05) is 33.2 Å². The summed E-state index contributed by atoms with van der Waals surface area (Å²) in [5.74, 6) is -2.26. The third kappa shape index (κ3) is 6.97. The van der Waals surface area contributed by atoms with Gasteiger partial charge in [0.15, 0.2) is 23.9 Å². The van der Waals surface area contributed by atoms with Crippen LogP contribution in [0.25, 0.3) is 0 Å². The monoisotopic (exact) mass is 553 g/mol. The Balaban J connectivity index is 2.54. The zero-order valence-electron chi connectivity index (χ0n) is 18.5. The molecule has 0 saturated carbocycles. The molecule has 17 nitrogen and oxygen atoms in total. The maximum atomic E-state index is 12.3. The minimum Gasteiger partial charge on any atom is -0.479 e. The predicted octanol–water partition coefficient (Wildman–Crippen LogP) is -2.88. The average Bonchev–Trinajstić information content (AvgIpc) is 2.78. The minimum atomic E-state index is -5.14. The van der Waals surface area contributed by atoms with Crippen LogP contribution in [-0.4, -0.2) is 126 Å². The van der Waals surface area contributed by atoms with E-state index >= 15 is 0 Å². The molecular formula is C16H27NO16S2. The Morgan fingerprint density at radius 3 is 2.23 bits per heavy atom. The Morgan fingerprint density at radius 1 is 1.11 bits per heavy atom. The molecule has 2 aliphatic heterocycles. The van der Waals surface area contributed by atoms with Gasteiger partial charge < -0.3 is 44.3 Å². The Labute approximate surface area is 203 Å². The first-order chi connectivity index (χ1) is 16.4. The van der Waals surface area contributed by atoms with E-state index in [0.717, 1.165) is 14.0 Å². The molecule has 2 fully saturated rings. The first-order valence-electron chi connectivity index (χ1n) is 9.81. The molecule has 35 heavy (non-hydrogen) atoms. The number of aliphatic hydroxyl groups is 2. The zero-order chi connectivity index (χ0) is 26.5. The molecule has 10 atom stereocenters. The van der Waals surface area contributed by atoms with Gasteiger partial charge in [-0.25, -0.2) is 10.1 Å². The third-order valence-corrected chi connectivity index (χ3v) is 7.58. The molecular weight excluding hydrogens is 526 g/mol. The first-order valence-corrected chi connectivity index (χ1v) is 12.1. The number of carboxylic acids is 1. The van der Waals surface area contributed by atoms with Crippen LogP contribution in [0.3, 0.4) is 0 Å². The van der Waals surface area contributed by atoms with Gasteiger partial charge >= 0.3 is 5.97 Å². The molecule has 19 heteroatoms. The molecule has 2 saturated heterocycles. The molecule has 0 aliphatic carbocycles. The van der Waals surface area contributed by atoms with E-state index in [4.69, 9.17) is 28.9 Å². The molecule has 2 rings (SSSR count). The molecule has 0 aromatic heterocycles. The SMILES string of the molecule is CO[C@@H]1OC(CO)[C@H](O)[C@H](O[C@@H]2OC(C(=O)O)[C@H](OC)[C@H](SOOO)C2S(=O)(=O)O)C1NC(C)=O. The number of carbonyl (C=O) groups excluding carboxylic acids is 1. The largest absolute Gasteiger partial charge is 0.479 e. The summed E-state index contributed by atoms with van der Waals surface area (Å²) in [6.45, 7) is 0.375. The third-order valence-electron chi connectivity index (χ3n) is 5.28. The molecule has 0 spiro atoms. The van der Waals surface area contributed by atoms with Crippen LogP contribution in [0.5, 0.6) is 0 Å². The summed E-state index contributed by atoms with van der Waals surface area (Å²) in [5, 5.41) is 40.5. The highest BCUT2D eigenvalue weighted by molar-refractivity contribution is 7.96. The van der Waals surface area contributed by atoms with Crippen molar-refractivity contribution in [2.45, 2.75) is 66.6 Å². The predicted molar refractivity (Wildman–Crippen MR) is 110 cm³/mol. The highest BCUT2D eigenvalue weighted by Gasteiger charge is 2.58. The van der Waals surface area contributed by atoms with E-state index in [1.165, 1.54) is 7.11 Å². The number of aliphatic hydroxyl groups excluding tert-OH is 2. The number of hydrogen-bond donors (Lipinski definition) is 6. The smallest absolute Gasteiger partial charge is 0.335 e. The standard InChI is InChI=1S/C16H27NO16S2/c1-5(19)17-7-9(8(20)6(4-18)29-15(7)28-3)30-16-13(35(24,25)26)12(34-33-32-23)10(27-2)11(31-16)14(21)22/h6-13,15-16,18,20,23H,4H2,1-3H3,(H,17,19)(H,21,22)(H,24,25,26)/t6?,7?,8-,9+,10-,11?,12-,13?,15+,16+/m0/s1. The maximum absolute atomic E-state index is 12.3. The Kier molecular flexibility index (Phi) is 11.0. The maximum Gasteiger partial charge on any atom is 0.335 e. The van der Waals surface area contributed by atoms with Crippen molar-refractivity contribution in [2.75, 3.05) is 20.8 Å². The molecule has 6 N–H and O–H groups in total. The van der Waals surface area contributed by atoms with E-state index in [2.05, 4.69) is 14.7 Å². The Hall–Kier alpha value is -1.20. The normalized spacial score (nSPS) is 38.1. The van der Waals surface area contributed by atoms with E-state index in [1.54, 1.807) is 0 Å². The van der Waals surface area contributed by atoms with E-state index in [1.807, 2.05) is 0 Å². The van der Waals surface area contributed by atoms with Gasteiger partial charge in [-0.3, -0.25) is 9.35 Å². The first kappa shape index (κ1) is 30.0. The van der Waals surface area contributed by atoms with Crippen molar-refractivity contribution in [3.63, 3.8) is 0 Å². The molecule has 2 heterocycles. The second-order valence-electron chi connectivity index (χ2n) is 7.43. The van der Waals surface area contributed by atoms with Crippen LogP contribution >= 0.6 is 12.0 Å². The summed E-state index contributed by atoms with van der Waals surface area (Å²) in [5.41, 5.74) is 0. The molecule has 2 aliphatic rings. The van der Waals surface area contributed by atoms with Crippen LogP contribution in [-0.2, 0) is 52.8 Å². The summed E-state index contributed by atoms with van der Waals surface area (Å²) in [6.07, 6.45) is -11.6. The molecule has 1 amide bonds. The second-order valence-corrected chi connectivity index (χ2v) is 9.87. The van der Waals surface area contributed by atoms with Gasteiger partial charge in [0.25, 0.3) is 10.1 Å². The number of amides is 1. The number of rotatable bonds is 11. The van der Waals surface area contributed by atoms with Crippen molar-refractivity contribution in [3.05, 3.63) is 0 Å². The number of aliphatic carboxylic acids is 1. The Bertz CT molecular complexity index is 828. The number of ether oxygens (including phenoxy) is 5. The summed E-state index contributed by atoms with van der Waals surface area (Å²) in [4.78, 5) is 23.6. The fraction of sp³-hybridized carbons (Fsp3) is 0.875. The van der Waals surface area contributed by atoms with Crippen molar-refractivity contribution < 1.29 is 76.2 Å². The lowest BCUT2D eigenvalue weighted by Gasteiger charge is -2.47. The fourth-order valence-electron chi connectivity index (χ4n) is 3.84. The van der Waals surface area contributed by atoms with Crippen LogP contribution < -0.4 is 5.32 Å². The number of carbonyl (C=O) groups is 2. The van der Waals surface area contributed by atoms with E-state index in [9.17, 15) is 37.9 Å². The van der Waals surface area contributed by atoms with Crippen LogP contribution in [0.2, 0.25) is 0 Å². The van der Waals surface area contributed by atoms with Gasteiger partial charge in [-0.05, 0) is 0 Å². The second kappa shape index (κ2) is 12.9. The molecule has 0 aromatic carbocycles. The van der Waals surface area contributed by atoms with Gasteiger partial charge in [-0.2, -0.15) is 8.42 Å². The van der Waals surface area contributed by atoms with E-state index in [0.29, 0.717) is 0 Å². The minimum absolute atomic E-state index is 0.0930. The molecule has 0 radical (unpaired) electrons. The van der Waals surface area contributed by atoms with Gasteiger partial charge in [-0.15, -0.1) is 4.33 Å². The number of carboxylic acid groups (broad SMARTS) is 1. The highest BCUT2D eigenvalue weighted by Crippen LogP contribution is 2.38. The lowest BCUT2D eigenvalue weighted by Crippen LogP contribution is -2.68. The van der Waals surface area contributed by atoms with Crippen LogP contribution in [0.4, 0.5) is 0 Å². The topological polar surface area (TPSA) is 246 Å². The van der Waals surface area contributed by atoms with Crippen LogP contribution in [0.1, 0.15) is 6.92 Å². The summed E-state index contributed by atoms with van der Waals surface area (Å²) in [7, 11) is -2.92. The lowest BCUT2D eigenvalue weighted by molar-refractivity contribution is -0.432. The van der Waals surface area contributed by atoms with Crippen LogP contribution in [0, 0.1) is 0 Å². The molecule has 204 valence electrons. The number of methoxy groups -OCH3 is 2. The van der Waals surface area contributed by atoms with E-state index < -0.39 is 88.2 Å². The summed E-state index contributed by atoms with van der Waals surface area (Å²) >= 11 is 0.0930. The summed E-state index contributed by atoms with van der Waals surface area (Å²) in [6, 6.07) is -1.31. The quantitative estimate of drug-likeness (QED) is 0.0650. The van der Waals surface area contributed by atoms with E-state index in [-0.39, 0.29) is 12.0 Å². The number of hydrogen-bond acceptors (Lipinski definition) is 15. The van der Waals surface area contributed by atoms with Gasteiger partial charge in [0.2, 0.25) is 5.91 Å².